The summed E-state index contributed by atoms with van der Waals surface area (Å²) >= 11 is 0. The third-order valence-corrected chi connectivity index (χ3v) is 2.22. The molecule has 3 nitrogen and oxygen atoms in total. The van der Waals surface area contributed by atoms with E-state index in [9.17, 15) is 0 Å². The number of hydrogen-bond acceptors (Lipinski definition) is 3. The van der Waals surface area contributed by atoms with Gasteiger partial charge in [-0.15, -0.1) is 0 Å². The van der Waals surface area contributed by atoms with Crippen molar-refractivity contribution in [3.63, 3.8) is 0 Å². The Labute approximate surface area is 71.2 Å². The number of hydrogen-bond donors (Lipinski definition) is 3. The molecule has 0 radical (unpaired) electrons. The third kappa shape index (κ3) is 1.02. The van der Waals surface area contributed by atoms with E-state index >= 15 is 0 Å². The fourth-order valence-electron chi connectivity index (χ4n) is 1.60. The zero-order valence-electron chi connectivity index (χ0n) is 6.75. The van der Waals surface area contributed by atoms with E-state index in [4.69, 9.17) is 10.8 Å². The lowest BCUT2D eigenvalue weighted by atomic mass is 10.1. The molecular weight excluding hydrogens is 152 g/mol. The van der Waals surface area contributed by atoms with Crippen LogP contribution in [-0.2, 0) is 6.42 Å². The van der Waals surface area contributed by atoms with Crippen molar-refractivity contribution < 1.29 is 5.11 Å². The van der Waals surface area contributed by atoms with Gasteiger partial charge in [-0.3, -0.25) is 0 Å². The summed E-state index contributed by atoms with van der Waals surface area (Å²) in [7, 11) is 0. The summed E-state index contributed by atoms with van der Waals surface area (Å²) in [4.78, 5) is 0. The molecule has 0 unspecified atom stereocenters. The van der Waals surface area contributed by atoms with Gasteiger partial charge in [-0.1, -0.05) is 12.1 Å². The first kappa shape index (κ1) is 7.43. The van der Waals surface area contributed by atoms with E-state index in [0.29, 0.717) is 0 Å². The van der Waals surface area contributed by atoms with E-state index in [1.807, 2.05) is 18.2 Å². The zero-order chi connectivity index (χ0) is 8.55. The van der Waals surface area contributed by atoms with Crippen LogP contribution in [0.15, 0.2) is 18.2 Å². The Morgan fingerprint density at radius 3 is 3.08 bits per heavy atom. The maximum atomic E-state index is 8.93. The molecule has 2 rings (SSSR count). The van der Waals surface area contributed by atoms with Gasteiger partial charge in [-0.2, -0.15) is 0 Å². The number of aliphatic hydroxyl groups excluding tert-OH is 1. The monoisotopic (exact) mass is 164 g/mol. The Balaban J connectivity index is 2.35. The number of benzene rings is 1. The van der Waals surface area contributed by atoms with Crippen LogP contribution in [0, 0.1) is 0 Å². The van der Waals surface area contributed by atoms with Crippen LogP contribution in [0.5, 0.6) is 0 Å². The topological polar surface area (TPSA) is 58.3 Å². The molecule has 0 fully saturated rings. The van der Waals surface area contributed by atoms with Crippen molar-refractivity contribution >= 4 is 11.4 Å². The molecule has 4 N–H and O–H groups in total. The van der Waals surface area contributed by atoms with Crippen LogP contribution < -0.4 is 11.1 Å². The lowest BCUT2D eigenvalue weighted by Crippen LogP contribution is -2.19. The van der Waals surface area contributed by atoms with Crippen molar-refractivity contribution in [3.05, 3.63) is 23.8 Å². The molecule has 1 heterocycles. The second kappa shape index (κ2) is 2.68. The summed E-state index contributed by atoms with van der Waals surface area (Å²) in [5.41, 5.74) is 8.71. The lowest BCUT2D eigenvalue weighted by Gasteiger charge is -2.07. The molecule has 0 saturated carbocycles. The van der Waals surface area contributed by atoms with Crippen molar-refractivity contribution in [2.45, 2.75) is 12.5 Å². The summed E-state index contributed by atoms with van der Waals surface area (Å²) < 4.78 is 0. The van der Waals surface area contributed by atoms with Gasteiger partial charge < -0.3 is 16.2 Å². The van der Waals surface area contributed by atoms with Gasteiger partial charge in [-0.25, -0.2) is 0 Å². The third-order valence-electron chi connectivity index (χ3n) is 2.22. The molecule has 1 atom stereocenters. The van der Waals surface area contributed by atoms with Crippen molar-refractivity contribution in [2.24, 2.45) is 0 Å². The summed E-state index contributed by atoms with van der Waals surface area (Å²) in [5, 5.41) is 12.1. The first-order valence-electron chi connectivity index (χ1n) is 4.06. The van der Waals surface area contributed by atoms with Crippen LogP contribution in [-0.4, -0.2) is 17.8 Å². The number of rotatable bonds is 1. The number of nitrogens with one attached hydrogen (secondary N) is 1. The normalized spacial score (nSPS) is 20.2. The molecule has 0 aromatic heterocycles. The van der Waals surface area contributed by atoms with E-state index in [2.05, 4.69) is 5.32 Å². The van der Waals surface area contributed by atoms with Crippen LogP contribution in [0.2, 0.25) is 0 Å². The minimum absolute atomic E-state index is 0.143. The molecular formula is C9H12N2O. The number of anilines is 2. The minimum Gasteiger partial charge on any atom is -0.397 e. The number of aliphatic hydroxyl groups is 1. The van der Waals surface area contributed by atoms with Crippen LogP contribution in [0.25, 0.3) is 0 Å². The van der Waals surface area contributed by atoms with E-state index in [0.717, 1.165) is 17.8 Å². The van der Waals surface area contributed by atoms with E-state index < -0.39 is 0 Å². The Bertz CT molecular complexity index is 299. The van der Waals surface area contributed by atoms with Gasteiger partial charge in [-0.05, 0) is 18.1 Å². The number of nitrogen functional groups attached to an aromatic ring is 1. The highest BCUT2D eigenvalue weighted by Gasteiger charge is 2.20. The van der Waals surface area contributed by atoms with Gasteiger partial charge in [0.05, 0.1) is 24.0 Å². The maximum absolute atomic E-state index is 8.93. The number of fused-ring (bicyclic) bond motifs is 1. The highest BCUT2D eigenvalue weighted by molar-refractivity contribution is 5.73. The molecule has 64 valence electrons. The zero-order valence-corrected chi connectivity index (χ0v) is 6.75. The molecule has 0 saturated heterocycles. The standard InChI is InChI=1S/C9H12N2O/c10-8-3-1-2-6-4-7(5-12)11-9(6)8/h1-3,7,11-12H,4-5,10H2/t7-/m0/s1. The molecule has 1 aliphatic heterocycles. The molecule has 12 heavy (non-hydrogen) atoms. The SMILES string of the molecule is Nc1cccc2c1N[C@H](CO)C2. The smallest absolute Gasteiger partial charge is 0.0636 e. The average molecular weight is 164 g/mol. The van der Waals surface area contributed by atoms with Gasteiger partial charge in [0.2, 0.25) is 0 Å². The largest absolute Gasteiger partial charge is 0.397 e. The fourth-order valence-corrected chi connectivity index (χ4v) is 1.60. The molecule has 1 aliphatic rings. The summed E-state index contributed by atoms with van der Waals surface area (Å²) in [6, 6.07) is 5.99. The van der Waals surface area contributed by atoms with Gasteiger partial charge in [0.1, 0.15) is 0 Å². The molecule has 0 spiro atoms. The van der Waals surface area contributed by atoms with Gasteiger partial charge in [0.25, 0.3) is 0 Å². The van der Waals surface area contributed by atoms with Crippen molar-refractivity contribution in [3.8, 4) is 0 Å². The van der Waals surface area contributed by atoms with Gasteiger partial charge in [0, 0.05) is 0 Å². The minimum atomic E-state index is 0.143. The van der Waals surface area contributed by atoms with Gasteiger partial charge >= 0.3 is 0 Å². The Morgan fingerprint density at radius 1 is 1.58 bits per heavy atom. The van der Waals surface area contributed by atoms with Crippen molar-refractivity contribution in [2.75, 3.05) is 17.7 Å². The summed E-state index contributed by atoms with van der Waals surface area (Å²) in [5.74, 6) is 0. The number of nitrogens with two attached hydrogens (primary N) is 1. The molecule has 0 aliphatic carbocycles. The highest BCUT2D eigenvalue weighted by atomic mass is 16.3. The van der Waals surface area contributed by atoms with E-state index in [-0.39, 0.29) is 12.6 Å². The van der Waals surface area contributed by atoms with E-state index in [1.165, 1.54) is 5.56 Å². The second-order valence-electron chi connectivity index (χ2n) is 3.11. The van der Waals surface area contributed by atoms with Crippen LogP contribution >= 0.6 is 0 Å². The van der Waals surface area contributed by atoms with Gasteiger partial charge in [0.15, 0.2) is 0 Å². The summed E-state index contributed by atoms with van der Waals surface area (Å²) in [6.07, 6.45) is 0.872. The highest BCUT2D eigenvalue weighted by Crippen LogP contribution is 2.30. The first-order chi connectivity index (χ1) is 5.81. The average Bonchev–Trinajstić information content (AvgIpc) is 2.49. The lowest BCUT2D eigenvalue weighted by molar-refractivity contribution is 0.277. The summed E-state index contributed by atoms with van der Waals surface area (Å²) in [6.45, 7) is 0.161. The van der Waals surface area contributed by atoms with Crippen molar-refractivity contribution in [1.29, 1.82) is 0 Å². The van der Waals surface area contributed by atoms with E-state index in [1.54, 1.807) is 0 Å². The molecule has 1 aromatic rings. The predicted octanol–water partition coefficient (Wildman–Crippen LogP) is 0.598. The Morgan fingerprint density at radius 2 is 2.42 bits per heavy atom. The maximum Gasteiger partial charge on any atom is 0.0636 e. The number of para-hydroxylation sites is 1. The van der Waals surface area contributed by atoms with Crippen LogP contribution in [0.1, 0.15) is 5.56 Å². The quantitative estimate of drug-likeness (QED) is 0.533. The molecule has 0 bridgehead atoms. The van der Waals surface area contributed by atoms with Crippen LogP contribution in [0.3, 0.4) is 0 Å². The molecule has 3 heteroatoms. The first-order valence-corrected chi connectivity index (χ1v) is 4.06. The molecule has 0 amide bonds. The Kier molecular flexibility index (Phi) is 1.66. The fraction of sp³-hybridized carbons (Fsp3) is 0.333. The second-order valence-corrected chi connectivity index (χ2v) is 3.11. The molecule has 1 aromatic carbocycles. The van der Waals surface area contributed by atoms with Crippen LogP contribution in [0.4, 0.5) is 11.4 Å². The predicted molar refractivity (Wildman–Crippen MR) is 49.1 cm³/mol. The Hall–Kier alpha value is -1.22. The van der Waals surface area contributed by atoms with Crippen molar-refractivity contribution in [1.82, 2.24) is 0 Å².